The third-order valence-corrected chi connectivity index (χ3v) is 2.32. The van der Waals surface area contributed by atoms with E-state index in [1.807, 2.05) is 13.8 Å². The summed E-state index contributed by atoms with van der Waals surface area (Å²) in [5, 5.41) is 0.334. The van der Waals surface area contributed by atoms with Crippen LogP contribution in [-0.2, 0) is 4.74 Å². The first-order valence-electron chi connectivity index (χ1n) is 5.39. The summed E-state index contributed by atoms with van der Waals surface area (Å²) < 4.78 is 10.3. The highest BCUT2D eigenvalue weighted by molar-refractivity contribution is 7.80. The van der Waals surface area contributed by atoms with Crippen molar-refractivity contribution >= 4 is 23.1 Å². The van der Waals surface area contributed by atoms with Crippen LogP contribution in [0.3, 0.4) is 0 Å². The molecule has 0 unspecified atom stereocenters. The van der Waals surface area contributed by atoms with Crippen LogP contribution in [0.25, 0.3) is 0 Å². The van der Waals surface area contributed by atoms with Gasteiger partial charge in [-0.2, -0.15) is 0 Å². The van der Waals surface area contributed by atoms with E-state index < -0.39 is 0 Å². The summed E-state index contributed by atoms with van der Waals surface area (Å²) in [6.45, 7) is 3.76. The SMILES string of the molecule is COc1ccc(C(=O)CC(=S)OC(C)C)cc1. The van der Waals surface area contributed by atoms with E-state index in [1.165, 1.54) is 0 Å². The fourth-order valence-corrected chi connectivity index (χ4v) is 1.64. The lowest BCUT2D eigenvalue weighted by Gasteiger charge is -2.10. The monoisotopic (exact) mass is 252 g/mol. The molecule has 1 aromatic rings. The lowest BCUT2D eigenvalue weighted by molar-refractivity contribution is 0.0991. The van der Waals surface area contributed by atoms with Crippen molar-refractivity contribution in [2.75, 3.05) is 7.11 Å². The zero-order valence-corrected chi connectivity index (χ0v) is 11.0. The van der Waals surface area contributed by atoms with Crippen molar-refractivity contribution in [3.05, 3.63) is 29.8 Å². The van der Waals surface area contributed by atoms with Crippen LogP contribution in [0.5, 0.6) is 5.75 Å². The zero-order valence-electron chi connectivity index (χ0n) is 10.2. The molecule has 0 radical (unpaired) electrons. The van der Waals surface area contributed by atoms with E-state index in [0.29, 0.717) is 10.6 Å². The Morgan fingerprint density at radius 3 is 2.35 bits per heavy atom. The maximum Gasteiger partial charge on any atom is 0.171 e. The van der Waals surface area contributed by atoms with Crippen molar-refractivity contribution in [2.24, 2.45) is 0 Å². The second-order valence-corrected chi connectivity index (χ2v) is 4.32. The fraction of sp³-hybridized carbons (Fsp3) is 0.385. The predicted octanol–water partition coefficient (Wildman–Crippen LogP) is 3.02. The van der Waals surface area contributed by atoms with Crippen LogP contribution in [0.2, 0.25) is 0 Å². The smallest absolute Gasteiger partial charge is 0.171 e. The number of hydrogen-bond acceptors (Lipinski definition) is 4. The Morgan fingerprint density at radius 2 is 1.88 bits per heavy atom. The summed E-state index contributed by atoms with van der Waals surface area (Å²) in [5.41, 5.74) is 0.612. The van der Waals surface area contributed by atoms with Gasteiger partial charge in [0.05, 0.1) is 19.6 Å². The van der Waals surface area contributed by atoms with E-state index in [4.69, 9.17) is 21.7 Å². The Kier molecular flexibility index (Phi) is 5.10. The molecule has 0 amide bonds. The Bertz CT molecular complexity index is 396. The number of ether oxygens (including phenoxy) is 2. The van der Waals surface area contributed by atoms with Crippen LogP contribution in [0, 0.1) is 0 Å². The van der Waals surface area contributed by atoms with Gasteiger partial charge < -0.3 is 9.47 Å². The number of Topliss-reactive ketones (excluding diaryl/α,β-unsaturated/α-hetero) is 1. The lowest BCUT2D eigenvalue weighted by atomic mass is 10.1. The van der Waals surface area contributed by atoms with Gasteiger partial charge in [-0.1, -0.05) is 0 Å². The number of methoxy groups -OCH3 is 1. The van der Waals surface area contributed by atoms with Crippen molar-refractivity contribution in [2.45, 2.75) is 26.4 Å². The molecule has 3 nitrogen and oxygen atoms in total. The molecule has 1 rings (SSSR count). The van der Waals surface area contributed by atoms with Gasteiger partial charge in [0.25, 0.3) is 0 Å². The predicted molar refractivity (Wildman–Crippen MR) is 70.8 cm³/mol. The minimum Gasteiger partial charge on any atom is -0.497 e. The van der Waals surface area contributed by atoms with Crippen LogP contribution in [0.15, 0.2) is 24.3 Å². The molecule has 0 N–H and O–H groups in total. The summed E-state index contributed by atoms with van der Waals surface area (Å²) in [6.07, 6.45) is 0.144. The third-order valence-electron chi connectivity index (χ3n) is 2.08. The Hall–Kier alpha value is -1.42. The highest BCUT2D eigenvalue weighted by Crippen LogP contribution is 2.13. The van der Waals surface area contributed by atoms with Crippen molar-refractivity contribution in [3.63, 3.8) is 0 Å². The maximum absolute atomic E-state index is 11.8. The summed E-state index contributed by atoms with van der Waals surface area (Å²) in [4.78, 5) is 11.8. The van der Waals surface area contributed by atoms with Crippen molar-refractivity contribution in [1.82, 2.24) is 0 Å². The standard InChI is InChI=1S/C13H16O3S/c1-9(2)16-13(17)8-12(14)10-4-6-11(15-3)7-5-10/h4-7,9H,8H2,1-3H3. The highest BCUT2D eigenvalue weighted by Gasteiger charge is 2.11. The van der Waals surface area contributed by atoms with E-state index in [-0.39, 0.29) is 18.3 Å². The molecule has 0 aliphatic rings. The molecular formula is C13H16O3S. The fourth-order valence-electron chi connectivity index (χ4n) is 1.31. The summed E-state index contributed by atoms with van der Waals surface area (Å²) in [5.74, 6) is 0.681. The van der Waals surface area contributed by atoms with Crippen molar-refractivity contribution in [1.29, 1.82) is 0 Å². The number of ketones is 1. The molecular weight excluding hydrogens is 236 g/mol. The van der Waals surface area contributed by atoms with Crippen molar-refractivity contribution < 1.29 is 14.3 Å². The van der Waals surface area contributed by atoms with Gasteiger partial charge in [-0.05, 0) is 50.3 Å². The van der Waals surface area contributed by atoms with Gasteiger partial charge in [0.15, 0.2) is 10.8 Å². The molecule has 0 aromatic heterocycles. The normalized spacial score (nSPS) is 10.1. The second kappa shape index (κ2) is 6.35. The maximum atomic E-state index is 11.8. The number of hydrogen-bond donors (Lipinski definition) is 0. The van der Waals surface area contributed by atoms with Gasteiger partial charge in [-0.25, -0.2) is 0 Å². The van der Waals surface area contributed by atoms with Crippen LogP contribution in [0.4, 0.5) is 0 Å². The van der Waals surface area contributed by atoms with Gasteiger partial charge in [0.1, 0.15) is 5.75 Å². The van der Waals surface area contributed by atoms with Gasteiger partial charge in [0, 0.05) is 5.56 Å². The van der Waals surface area contributed by atoms with Crippen LogP contribution in [0.1, 0.15) is 30.6 Å². The topological polar surface area (TPSA) is 35.5 Å². The molecule has 0 atom stereocenters. The number of carbonyl (C=O) groups is 1. The third kappa shape index (κ3) is 4.53. The van der Waals surface area contributed by atoms with Crippen molar-refractivity contribution in [3.8, 4) is 5.75 Å². The van der Waals surface area contributed by atoms with E-state index in [9.17, 15) is 4.79 Å². The minimum absolute atomic E-state index is 0.00571. The van der Waals surface area contributed by atoms with E-state index in [2.05, 4.69) is 0 Å². The van der Waals surface area contributed by atoms with Gasteiger partial charge >= 0.3 is 0 Å². The number of carbonyl (C=O) groups excluding carboxylic acids is 1. The summed E-state index contributed by atoms with van der Waals surface area (Å²) in [7, 11) is 1.59. The molecule has 17 heavy (non-hydrogen) atoms. The van der Waals surface area contributed by atoms with Gasteiger partial charge in [-0.15, -0.1) is 0 Å². The number of thiocarbonyl (C=S) groups is 1. The van der Waals surface area contributed by atoms with Crippen LogP contribution < -0.4 is 4.74 Å². The Labute approximate surface area is 107 Å². The lowest BCUT2D eigenvalue weighted by Crippen LogP contribution is -2.13. The summed E-state index contributed by atoms with van der Waals surface area (Å²) >= 11 is 4.99. The molecule has 0 saturated heterocycles. The molecule has 92 valence electrons. The average molecular weight is 252 g/mol. The molecule has 0 fully saturated rings. The molecule has 0 heterocycles. The molecule has 4 heteroatoms. The molecule has 0 aliphatic carbocycles. The Balaban J connectivity index is 2.60. The molecule has 0 saturated carbocycles. The van der Waals surface area contributed by atoms with Gasteiger partial charge in [-0.3, -0.25) is 4.79 Å². The second-order valence-electron chi connectivity index (χ2n) is 3.87. The quantitative estimate of drug-likeness (QED) is 0.596. The Morgan fingerprint density at radius 1 is 1.29 bits per heavy atom. The van der Waals surface area contributed by atoms with E-state index >= 15 is 0 Å². The van der Waals surface area contributed by atoms with Crippen LogP contribution >= 0.6 is 12.2 Å². The number of benzene rings is 1. The van der Waals surface area contributed by atoms with E-state index in [0.717, 1.165) is 5.75 Å². The largest absolute Gasteiger partial charge is 0.497 e. The van der Waals surface area contributed by atoms with Gasteiger partial charge in [0.2, 0.25) is 0 Å². The number of rotatable bonds is 5. The van der Waals surface area contributed by atoms with E-state index in [1.54, 1.807) is 31.4 Å². The first-order chi connectivity index (χ1) is 8.02. The molecule has 1 aromatic carbocycles. The molecule has 0 aliphatic heterocycles. The highest BCUT2D eigenvalue weighted by atomic mass is 32.1. The first-order valence-corrected chi connectivity index (χ1v) is 5.80. The molecule has 0 bridgehead atoms. The molecule has 0 spiro atoms. The minimum atomic E-state index is -0.0432. The van der Waals surface area contributed by atoms with Crippen LogP contribution in [-0.4, -0.2) is 24.0 Å². The zero-order chi connectivity index (χ0) is 12.8. The average Bonchev–Trinajstić information content (AvgIpc) is 2.28. The first kappa shape index (κ1) is 13.6. The summed E-state index contributed by atoms with van der Waals surface area (Å²) in [6, 6.07) is 6.94.